The summed E-state index contributed by atoms with van der Waals surface area (Å²) in [5.74, 6) is -2.03. The van der Waals surface area contributed by atoms with E-state index in [4.69, 9.17) is 4.74 Å². The highest BCUT2D eigenvalue weighted by Gasteiger charge is 2.25. The van der Waals surface area contributed by atoms with Gasteiger partial charge >= 0.3 is 5.97 Å². The van der Waals surface area contributed by atoms with Crippen molar-refractivity contribution in [2.75, 3.05) is 18.9 Å². The summed E-state index contributed by atoms with van der Waals surface area (Å²) in [6, 6.07) is 10.4. The smallest absolute Gasteiger partial charge is 0.322 e. The lowest BCUT2D eigenvalue weighted by Gasteiger charge is -2.18. The second kappa shape index (κ2) is 9.15. The van der Waals surface area contributed by atoms with Crippen LogP contribution < -0.4 is 5.32 Å². The normalized spacial score (nSPS) is 12.5. The zero-order valence-electron chi connectivity index (χ0n) is 16.6. The SMILES string of the molecule is Cc1ccc(S(=O)(=O)N(C)CC(=O)OC(C)C(=O)Nc2ccc(C)c(F)c2)cc1. The van der Waals surface area contributed by atoms with Crippen molar-refractivity contribution in [2.24, 2.45) is 0 Å². The molecule has 1 atom stereocenters. The summed E-state index contributed by atoms with van der Waals surface area (Å²) < 4.78 is 44.4. The fourth-order valence-corrected chi connectivity index (χ4v) is 3.47. The lowest BCUT2D eigenvalue weighted by molar-refractivity contribution is -0.153. The molecular weight excluding hydrogens is 399 g/mol. The summed E-state index contributed by atoms with van der Waals surface area (Å²) in [6.45, 7) is 4.20. The number of halogens is 1. The first kappa shape index (κ1) is 22.5. The minimum Gasteiger partial charge on any atom is -0.452 e. The van der Waals surface area contributed by atoms with E-state index in [0.717, 1.165) is 15.9 Å². The van der Waals surface area contributed by atoms with Crippen molar-refractivity contribution in [1.29, 1.82) is 0 Å². The van der Waals surface area contributed by atoms with E-state index in [0.29, 0.717) is 5.56 Å². The Bertz CT molecular complexity index is 1010. The van der Waals surface area contributed by atoms with E-state index in [2.05, 4.69) is 5.32 Å². The van der Waals surface area contributed by atoms with Crippen LogP contribution >= 0.6 is 0 Å². The minimum absolute atomic E-state index is 0.0468. The van der Waals surface area contributed by atoms with Gasteiger partial charge in [0.2, 0.25) is 10.0 Å². The number of hydrogen-bond donors (Lipinski definition) is 1. The number of hydrogen-bond acceptors (Lipinski definition) is 5. The van der Waals surface area contributed by atoms with Crippen LogP contribution in [0.25, 0.3) is 0 Å². The number of ether oxygens (including phenoxy) is 1. The third-order valence-electron chi connectivity index (χ3n) is 4.20. The molecule has 2 rings (SSSR count). The number of anilines is 1. The Morgan fingerprint density at radius 3 is 2.34 bits per heavy atom. The molecule has 0 spiro atoms. The van der Waals surface area contributed by atoms with Crippen molar-refractivity contribution in [3.05, 3.63) is 59.4 Å². The van der Waals surface area contributed by atoms with Crippen LogP contribution in [0, 0.1) is 19.7 Å². The lowest BCUT2D eigenvalue weighted by atomic mass is 10.2. The molecule has 0 radical (unpaired) electrons. The van der Waals surface area contributed by atoms with Crippen molar-refractivity contribution in [3.63, 3.8) is 0 Å². The average molecular weight is 422 g/mol. The van der Waals surface area contributed by atoms with Gasteiger partial charge in [0.15, 0.2) is 6.10 Å². The second-order valence-electron chi connectivity index (χ2n) is 6.66. The standard InChI is InChI=1S/C20H23FN2O5S/c1-13-5-9-17(10-6-13)29(26,27)23(4)12-19(24)28-15(3)20(25)22-16-8-7-14(2)18(21)11-16/h5-11,15H,12H2,1-4H3,(H,22,25). The van der Waals surface area contributed by atoms with Gasteiger partial charge in [-0.25, -0.2) is 12.8 Å². The number of aryl methyl sites for hydroxylation is 2. The van der Waals surface area contributed by atoms with Gasteiger partial charge in [0.25, 0.3) is 5.91 Å². The molecule has 0 heterocycles. The van der Waals surface area contributed by atoms with Crippen LogP contribution in [-0.2, 0) is 24.3 Å². The maximum absolute atomic E-state index is 13.6. The van der Waals surface area contributed by atoms with E-state index in [9.17, 15) is 22.4 Å². The largest absolute Gasteiger partial charge is 0.452 e. The van der Waals surface area contributed by atoms with Gasteiger partial charge in [-0.15, -0.1) is 0 Å². The summed E-state index contributed by atoms with van der Waals surface area (Å²) in [5, 5.41) is 2.44. The Labute approximate surface area is 169 Å². The Morgan fingerprint density at radius 2 is 1.76 bits per heavy atom. The summed E-state index contributed by atoms with van der Waals surface area (Å²) in [4.78, 5) is 24.3. The fourth-order valence-electron chi connectivity index (χ4n) is 2.36. The molecular formula is C20H23FN2O5S. The fraction of sp³-hybridized carbons (Fsp3) is 0.300. The summed E-state index contributed by atoms with van der Waals surface area (Å²) in [6.07, 6.45) is -1.19. The molecule has 7 nitrogen and oxygen atoms in total. The summed E-state index contributed by atoms with van der Waals surface area (Å²) >= 11 is 0. The highest BCUT2D eigenvalue weighted by molar-refractivity contribution is 7.89. The Kier molecular flexibility index (Phi) is 7.10. The van der Waals surface area contributed by atoms with Crippen LogP contribution in [0.1, 0.15) is 18.1 Å². The number of benzene rings is 2. The van der Waals surface area contributed by atoms with Crippen molar-refractivity contribution >= 4 is 27.6 Å². The van der Waals surface area contributed by atoms with E-state index in [-0.39, 0.29) is 10.6 Å². The van der Waals surface area contributed by atoms with Gasteiger partial charge in [0, 0.05) is 12.7 Å². The maximum Gasteiger partial charge on any atom is 0.322 e. The molecule has 1 unspecified atom stereocenters. The number of nitrogens with one attached hydrogen (secondary N) is 1. The van der Waals surface area contributed by atoms with Crippen LogP contribution in [0.4, 0.5) is 10.1 Å². The first-order valence-electron chi connectivity index (χ1n) is 8.80. The molecule has 0 saturated carbocycles. The predicted molar refractivity (Wildman–Crippen MR) is 106 cm³/mol. The molecule has 2 aromatic carbocycles. The van der Waals surface area contributed by atoms with Crippen LogP contribution in [0.2, 0.25) is 0 Å². The van der Waals surface area contributed by atoms with Crippen LogP contribution in [0.3, 0.4) is 0 Å². The number of carbonyl (C=O) groups is 2. The number of carbonyl (C=O) groups excluding carboxylic acids is 2. The monoisotopic (exact) mass is 422 g/mol. The van der Waals surface area contributed by atoms with Crippen LogP contribution in [-0.4, -0.2) is 44.3 Å². The minimum atomic E-state index is -3.87. The van der Waals surface area contributed by atoms with Gasteiger partial charge in [-0.05, 0) is 50.6 Å². The van der Waals surface area contributed by atoms with E-state index < -0.39 is 40.4 Å². The highest BCUT2D eigenvalue weighted by atomic mass is 32.2. The molecule has 0 bridgehead atoms. The maximum atomic E-state index is 13.6. The summed E-state index contributed by atoms with van der Waals surface area (Å²) in [5.41, 5.74) is 1.56. The second-order valence-corrected chi connectivity index (χ2v) is 8.70. The zero-order chi connectivity index (χ0) is 21.8. The molecule has 2 aromatic rings. The number of amides is 1. The van der Waals surface area contributed by atoms with E-state index in [1.807, 2.05) is 6.92 Å². The van der Waals surface area contributed by atoms with Crippen molar-refractivity contribution in [1.82, 2.24) is 4.31 Å². The van der Waals surface area contributed by atoms with Gasteiger partial charge in [-0.1, -0.05) is 23.8 Å². The number of nitrogens with zero attached hydrogens (tertiary/aromatic N) is 1. The zero-order valence-corrected chi connectivity index (χ0v) is 17.4. The first-order valence-corrected chi connectivity index (χ1v) is 10.2. The van der Waals surface area contributed by atoms with Gasteiger partial charge in [-0.2, -0.15) is 4.31 Å². The van der Waals surface area contributed by atoms with Gasteiger partial charge < -0.3 is 10.1 Å². The average Bonchev–Trinajstić information content (AvgIpc) is 2.64. The van der Waals surface area contributed by atoms with Crippen LogP contribution in [0.5, 0.6) is 0 Å². The molecule has 0 aromatic heterocycles. The molecule has 0 aliphatic carbocycles. The molecule has 29 heavy (non-hydrogen) atoms. The third-order valence-corrected chi connectivity index (χ3v) is 6.02. The van der Waals surface area contributed by atoms with E-state index in [1.165, 1.54) is 38.2 Å². The highest BCUT2D eigenvalue weighted by Crippen LogP contribution is 2.16. The molecule has 9 heteroatoms. The molecule has 0 fully saturated rings. The summed E-state index contributed by atoms with van der Waals surface area (Å²) in [7, 11) is -2.63. The van der Waals surface area contributed by atoms with Crippen molar-refractivity contribution < 1.29 is 27.1 Å². The third kappa shape index (κ3) is 5.85. The van der Waals surface area contributed by atoms with E-state index >= 15 is 0 Å². The molecule has 156 valence electrons. The van der Waals surface area contributed by atoms with Gasteiger partial charge in [0.05, 0.1) is 4.90 Å². The van der Waals surface area contributed by atoms with Crippen molar-refractivity contribution in [3.8, 4) is 0 Å². The van der Waals surface area contributed by atoms with Crippen molar-refractivity contribution in [2.45, 2.75) is 31.8 Å². The van der Waals surface area contributed by atoms with Gasteiger partial charge in [-0.3, -0.25) is 9.59 Å². The van der Waals surface area contributed by atoms with E-state index in [1.54, 1.807) is 19.1 Å². The number of esters is 1. The van der Waals surface area contributed by atoms with Crippen LogP contribution in [0.15, 0.2) is 47.4 Å². The van der Waals surface area contributed by atoms with Gasteiger partial charge in [0.1, 0.15) is 12.4 Å². The quantitative estimate of drug-likeness (QED) is 0.693. The molecule has 1 N–H and O–H groups in total. The first-order chi connectivity index (χ1) is 13.5. The Balaban J connectivity index is 1.95. The predicted octanol–water partition coefficient (Wildman–Crippen LogP) is 2.63. The molecule has 0 saturated heterocycles. The molecule has 0 aliphatic heterocycles. The molecule has 1 amide bonds. The number of sulfonamides is 1. The Morgan fingerprint density at radius 1 is 1.14 bits per heavy atom. The number of likely N-dealkylation sites (N-methyl/N-ethyl adjacent to an activating group) is 1. The lowest BCUT2D eigenvalue weighted by Crippen LogP contribution is -2.37. The topological polar surface area (TPSA) is 92.8 Å². The molecule has 0 aliphatic rings. The number of rotatable bonds is 7. The Hall–Kier alpha value is -2.78.